The number of para-hydroxylation sites is 2. The third kappa shape index (κ3) is 4.40. The Bertz CT molecular complexity index is 3150. The van der Waals surface area contributed by atoms with Gasteiger partial charge in [0.05, 0.1) is 11.0 Å². The molecule has 0 spiro atoms. The van der Waals surface area contributed by atoms with Crippen LogP contribution in [0.5, 0.6) is 0 Å². The summed E-state index contributed by atoms with van der Waals surface area (Å²) >= 11 is 3.60. The number of hydrogen-bond acceptors (Lipinski definition) is 5. The Kier molecular flexibility index (Phi) is 6.26. The van der Waals surface area contributed by atoms with Crippen molar-refractivity contribution in [3.05, 3.63) is 158 Å². The molecule has 11 aromatic rings. The zero-order valence-electron chi connectivity index (χ0n) is 27.1. The van der Waals surface area contributed by atoms with Crippen LogP contribution in [0.4, 0.5) is 0 Å². The molecule has 0 unspecified atom stereocenters. The van der Waals surface area contributed by atoms with Crippen molar-refractivity contribution in [1.82, 2.24) is 19.5 Å². The Morgan fingerprint density at radius 2 is 0.980 bits per heavy atom. The lowest BCUT2D eigenvalue weighted by Gasteiger charge is -2.11. The smallest absolute Gasteiger partial charge is 0.165 e. The van der Waals surface area contributed by atoms with Gasteiger partial charge in [0.1, 0.15) is 0 Å². The van der Waals surface area contributed by atoms with Gasteiger partial charge < -0.3 is 4.57 Å². The van der Waals surface area contributed by atoms with Gasteiger partial charge in [0.15, 0.2) is 17.5 Å². The first-order valence-electron chi connectivity index (χ1n) is 16.9. The van der Waals surface area contributed by atoms with Crippen LogP contribution in [0.2, 0.25) is 0 Å². The van der Waals surface area contributed by atoms with Crippen LogP contribution in [0.3, 0.4) is 0 Å². The van der Waals surface area contributed by atoms with Crippen molar-refractivity contribution >= 4 is 84.8 Å². The number of rotatable bonds is 4. The van der Waals surface area contributed by atoms with Crippen molar-refractivity contribution in [2.24, 2.45) is 0 Å². The van der Waals surface area contributed by atoms with Gasteiger partial charge in [0.25, 0.3) is 0 Å². The first kappa shape index (κ1) is 28.6. The standard InChI is InChI=1S/C45H26N4S2/c1-2-12-28(13-3-1)49-36-20-7-4-16-33(36)41-34(18-11-21-37(41)49)44-46-43(27-24-25-31-29-14-5-8-22-38(29)50-40(31)26-27)47-45(48-44)35-19-10-17-32-30-15-6-9-23-39(30)51-42(32)35/h1-26H. The Morgan fingerprint density at radius 1 is 0.392 bits per heavy atom. The van der Waals surface area contributed by atoms with E-state index in [1.807, 2.05) is 11.3 Å². The van der Waals surface area contributed by atoms with Gasteiger partial charge in [-0.05, 0) is 48.5 Å². The lowest BCUT2D eigenvalue weighted by Crippen LogP contribution is -2.00. The second kappa shape index (κ2) is 11.2. The predicted octanol–water partition coefficient (Wildman–Crippen LogP) is 12.7. The summed E-state index contributed by atoms with van der Waals surface area (Å²) in [6.45, 7) is 0. The molecule has 238 valence electrons. The molecule has 0 saturated heterocycles. The summed E-state index contributed by atoms with van der Waals surface area (Å²) in [7, 11) is 0. The second-order valence-corrected chi connectivity index (χ2v) is 14.9. The van der Waals surface area contributed by atoms with Crippen molar-refractivity contribution in [1.29, 1.82) is 0 Å². The maximum atomic E-state index is 5.33. The lowest BCUT2D eigenvalue weighted by molar-refractivity contribution is 1.08. The number of thiophene rings is 2. The molecule has 0 N–H and O–H groups in total. The summed E-state index contributed by atoms with van der Waals surface area (Å²) in [6, 6.07) is 55.9. The second-order valence-electron chi connectivity index (χ2n) is 12.8. The van der Waals surface area contributed by atoms with E-state index in [-0.39, 0.29) is 0 Å². The molecule has 6 heteroatoms. The van der Waals surface area contributed by atoms with Crippen molar-refractivity contribution in [2.45, 2.75) is 0 Å². The Balaban J connectivity index is 1.21. The van der Waals surface area contributed by atoms with Crippen LogP contribution in [0.25, 0.3) is 102 Å². The fourth-order valence-electron chi connectivity index (χ4n) is 7.60. The van der Waals surface area contributed by atoms with Crippen LogP contribution in [0.1, 0.15) is 0 Å². The highest BCUT2D eigenvalue weighted by Crippen LogP contribution is 2.42. The fraction of sp³-hybridized carbons (Fsp3) is 0. The third-order valence-electron chi connectivity index (χ3n) is 9.87. The van der Waals surface area contributed by atoms with Crippen LogP contribution in [0.15, 0.2) is 158 Å². The molecular formula is C45H26N4S2. The van der Waals surface area contributed by atoms with E-state index in [9.17, 15) is 0 Å². The van der Waals surface area contributed by atoms with Crippen molar-refractivity contribution < 1.29 is 0 Å². The Hall–Kier alpha value is -6.21. The van der Waals surface area contributed by atoms with Gasteiger partial charge in [0, 0.05) is 73.5 Å². The van der Waals surface area contributed by atoms with Crippen LogP contribution in [-0.4, -0.2) is 19.5 Å². The van der Waals surface area contributed by atoms with E-state index in [2.05, 4.69) is 162 Å². The molecule has 0 saturated carbocycles. The van der Waals surface area contributed by atoms with E-state index < -0.39 is 0 Å². The van der Waals surface area contributed by atoms with Crippen LogP contribution < -0.4 is 0 Å². The van der Waals surface area contributed by atoms with Gasteiger partial charge in [-0.25, -0.2) is 15.0 Å². The molecule has 4 nitrogen and oxygen atoms in total. The molecule has 0 atom stereocenters. The maximum Gasteiger partial charge on any atom is 0.165 e. The number of hydrogen-bond donors (Lipinski definition) is 0. The van der Waals surface area contributed by atoms with E-state index in [1.165, 1.54) is 40.3 Å². The van der Waals surface area contributed by atoms with E-state index >= 15 is 0 Å². The minimum absolute atomic E-state index is 0.658. The molecule has 11 rings (SSSR count). The molecule has 4 aromatic heterocycles. The Morgan fingerprint density at radius 3 is 1.82 bits per heavy atom. The highest BCUT2D eigenvalue weighted by Gasteiger charge is 2.21. The lowest BCUT2D eigenvalue weighted by atomic mass is 10.0. The highest BCUT2D eigenvalue weighted by atomic mass is 32.1. The van der Waals surface area contributed by atoms with E-state index in [4.69, 9.17) is 15.0 Å². The molecular weight excluding hydrogens is 661 g/mol. The topological polar surface area (TPSA) is 43.6 Å². The van der Waals surface area contributed by atoms with Crippen molar-refractivity contribution in [3.8, 4) is 39.9 Å². The minimum atomic E-state index is 0.658. The SMILES string of the molecule is c1ccc(-n2c3ccccc3c3c(-c4nc(-c5ccc6c(c5)sc5ccccc56)nc(-c5cccc6c5sc5ccccc56)n4)cccc32)cc1. The fourth-order valence-corrected chi connectivity index (χ4v) is 9.95. The average Bonchev–Trinajstić information content (AvgIpc) is 3.87. The summed E-state index contributed by atoms with van der Waals surface area (Å²) in [5.74, 6) is 2.00. The van der Waals surface area contributed by atoms with Crippen LogP contribution in [0, 0.1) is 0 Å². The summed E-state index contributed by atoms with van der Waals surface area (Å²) in [4.78, 5) is 15.9. The van der Waals surface area contributed by atoms with Crippen LogP contribution in [-0.2, 0) is 0 Å². The number of fused-ring (bicyclic) bond motifs is 9. The average molecular weight is 687 g/mol. The summed E-state index contributed by atoms with van der Waals surface area (Å²) in [5, 5.41) is 7.29. The summed E-state index contributed by atoms with van der Waals surface area (Å²) in [5.41, 5.74) is 6.34. The largest absolute Gasteiger partial charge is 0.309 e. The molecule has 4 heterocycles. The van der Waals surface area contributed by atoms with Gasteiger partial charge >= 0.3 is 0 Å². The van der Waals surface area contributed by atoms with Gasteiger partial charge in [-0.2, -0.15) is 0 Å². The maximum absolute atomic E-state index is 5.33. The first-order chi connectivity index (χ1) is 25.3. The third-order valence-corrected chi connectivity index (χ3v) is 12.2. The molecule has 0 bridgehead atoms. The zero-order chi connectivity index (χ0) is 33.5. The Labute approximate surface area is 300 Å². The monoisotopic (exact) mass is 686 g/mol. The molecule has 7 aromatic carbocycles. The normalized spacial score (nSPS) is 11.9. The first-order valence-corrected chi connectivity index (χ1v) is 18.6. The number of nitrogens with zero attached hydrogens (tertiary/aromatic N) is 4. The molecule has 0 aliphatic carbocycles. The zero-order valence-corrected chi connectivity index (χ0v) is 28.7. The predicted molar refractivity (Wildman–Crippen MR) is 216 cm³/mol. The van der Waals surface area contributed by atoms with Crippen molar-refractivity contribution in [3.63, 3.8) is 0 Å². The minimum Gasteiger partial charge on any atom is -0.309 e. The van der Waals surface area contributed by atoms with Gasteiger partial charge in [-0.1, -0.05) is 109 Å². The molecule has 0 amide bonds. The molecule has 51 heavy (non-hydrogen) atoms. The number of benzene rings is 7. The van der Waals surface area contributed by atoms with E-state index in [0.29, 0.717) is 17.5 Å². The van der Waals surface area contributed by atoms with Gasteiger partial charge in [0.2, 0.25) is 0 Å². The van der Waals surface area contributed by atoms with Gasteiger partial charge in [-0.15, -0.1) is 22.7 Å². The number of aromatic nitrogens is 4. The molecule has 0 fully saturated rings. The van der Waals surface area contributed by atoms with Crippen LogP contribution >= 0.6 is 22.7 Å². The quantitative estimate of drug-likeness (QED) is 0.185. The van der Waals surface area contributed by atoms with E-state index in [1.54, 1.807) is 11.3 Å². The summed E-state index contributed by atoms with van der Waals surface area (Å²) < 4.78 is 7.27. The van der Waals surface area contributed by atoms with Gasteiger partial charge in [-0.3, -0.25) is 0 Å². The molecule has 0 radical (unpaired) electrons. The summed E-state index contributed by atoms with van der Waals surface area (Å²) in [6.07, 6.45) is 0. The van der Waals surface area contributed by atoms with E-state index in [0.717, 1.165) is 44.2 Å². The molecule has 0 aliphatic heterocycles. The van der Waals surface area contributed by atoms with Crippen molar-refractivity contribution in [2.75, 3.05) is 0 Å². The molecule has 0 aliphatic rings. The highest BCUT2D eigenvalue weighted by molar-refractivity contribution is 7.26.